The largest absolute Gasteiger partial charge is 0.378 e. The van der Waals surface area contributed by atoms with Gasteiger partial charge in [0.1, 0.15) is 0 Å². The van der Waals surface area contributed by atoms with Gasteiger partial charge in [-0.2, -0.15) is 0 Å². The molecule has 0 radical (unpaired) electrons. The minimum Gasteiger partial charge on any atom is -0.378 e. The molecular weight excluding hydrogens is 254 g/mol. The van der Waals surface area contributed by atoms with Crippen molar-refractivity contribution in [2.75, 3.05) is 26.3 Å². The number of morpholine rings is 1. The van der Waals surface area contributed by atoms with Crippen LogP contribution in [0.4, 0.5) is 0 Å². The zero-order chi connectivity index (χ0) is 10.7. The monoisotopic (exact) mass is 267 g/mol. The fourth-order valence-corrected chi connectivity index (χ4v) is 1.92. The van der Waals surface area contributed by atoms with Gasteiger partial charge in [0.15, 0.2) is 0 Å². The highest BCUT2D eigenvalue weighted by molar-refractivity contribution is 9.10. The number of benzene rings is 1. The van der Waals surface area contributed by atoms with Crippen molar-refractivity contribution < 1.29 is 4.74 Å². The first kappa shape index (κ1) is 10.7. The summed E-state index contributed by atoms with van der Waals surface area (Å²) in [5.74, 6) is 0. The van der Waals surface area contributed by atoms with E-state index in [9.17, 15) is 0 Å². The summed E-state index contributed by atoms with van der Waals surface area (Å²) in [4.78, 5) is 2.27. The first-order valence-corrected chi connectivity index (χ1v) is 5.84. The fraction of sp³-hybridized carbons (Fsp3) is 0.333. The molecule has 0 aliphatic carbocycles. The first-order valence-electron chi connectivity index (χ1n) is 5.05. The first-order chi connectivity index (χ1) is 7.27. The maximum absolute atomic E-state index is 5.31. The Hall–Kier alpha value is -0.800. The molecule has 0 saturated carbocycles. The van der Waals surface area contributed by atoms with E-state index in [0.717, 1.165) is 36.5 Å². The van der Waals surface area contributed by atoms with Crippen molar-refractivity contribution in [1.82, 2.24) is 4.90 Å². The molecule has 0 aromatic heterocycles. The Labute approximate surface area is 98.7 Å². The van der Waals surface area contributed by atoms with E-state index in [2.05, 4.69) is 39.5 Å². The van der Waals surface area contributed by atoms with Crippen LogP contribution in [0.5, 0.6) is 0 Å². The summed E-state index contributed by atoms with van der Waals surface area (Å²) in [5, 5.41) is 0. The van der Waals surface area contributed by atoms with E-state index in [1.165, 1.54) is 5.56 Å². The summed E-state index contributed by atoms with van der Waals surface area (Å²) in [6, 6.07) is 8.26. The molecule has 0 spiro atoms. The molecule has 1 aliphatic heterocycles. The molecule has 1 fully saturated rings. The Kier molecular flexibility index (Phi) is 3.44. The lowest BCUT2D eigenvalue weighted by Crippen LogP contribution is -2.34. The second kappa shape index (κ2) is 4.81. The Bertz CT molecular complexity index is 341. The van der Waals surface area contributed by atoms with Crippen molar-refractivity contribution in [3.8, 4) is 0 Å². The number of rotatable bonds is 2. The SMILES string of the molecule is C=C(c1ccc(Br)cc1)N1CCOCC1. The number of halogens is 1. The Morgan fingerprint density at radius 2 is 1.80 bits per heavy atom. The average Bonchev–Trinajstić information content (AvgIpc) is 2.30. The highest BCUT2D eigenvalue weighted by atomic mass is 79.9. The summed E-state index contributed by atoms with van der Waals surface area (Å²) in [6.07, 6.45) is 0. The van der Waals surface area contributed by atoms with Gasteiger partial charge in [-0.25, -0.2) is 0 Å². The van der Waals surface area contributed by atoms with Crippen LogP contribution in [-0.2, 0) is 4.74 Å². The molecule has 1 aromatic rings. The van der Waals surface area contributed by atoms with E-state index >= 15 is 0 Å². The van der Waals surface area contributed by atoms with Gasteiger partial charge in [0.05, 0.1) is 13.2 Å². The zero-order valence-electron chi connectivity index (χ0n) is 8.58. The Morgan fingerprint density at radius 3 is 2.40 bits per heavy atom. The van der Waals surface area contributed by atoms with Gasteiger partial charge in [0, 0.05) is 23.3 Å². The van der Waals surface area contributed by atoms with Gasteiger partial charge in [0.25, 0.3) is 0 Å². The Balaban J connectivity index is 2.09. The van der Waals surface area contributed by atoms with Crippen molar-refractivity contribution in [2.45, 2.75) is 0 Å². The minimum atomic E-state index is 0.801. The molecule has 1 aromatic carbocycles. The van der Waals surface area contributed by atoms with Crippen molar-refractivity contribution in [2.24, 2.45) is 0 Å². The molecule has 2 rings (SSSR count). The third-order valence-corrected chi connectivity index (χ3v) is 3.10. The minimum absolute atomic E-state index is 0.801. The van der Waals surface area contributed by atoms with Crippen molar-refractivity contribution in [3.05, 3.63) is 40.9 Å². The normalized spacial score (nSPS) is 16.5. The van der Waals surface area contributed by atoms with Crippen molar-refractivity contribution >= 4 is 21.6 Å². The third kappa shape index (κ3) is 2.61. The highest BCUT2D eigenvalue weighted by Crippen LogP contribution is 2.20. The number of hydrogen-bond acceptors (Lipinski definition) is 2. The fourth-order valence-electron chi connectivity index (χ4n) is 1.66. The second-order valence-corrected chi connectivity index (χ2v) is 4.47. The van der Waals surface area contributed by atoms with E-state index in [1.54, 1.807) is 0 Å². The number of ether oxygens (including phenoxy) is 1. The van der Waals surface area contributed by atoms with Gasteiger partial charge >= 0.3 is 0 Å². The lowest BCUT2D eigenvalue weighted by molar-refractivity contribution is 0.0641. The van der Waals surface area contributed by atoms with Crippen molar-refractivity contribution in [3.63, 3.8) is 0 Å². The van der Waals surface area contributed by atoms with Gasteiger partial charge < -0.3 is 9.64 Å². The van der Waals surface area contributed by atoms with Gasteiger partial charge in [0.2, 0.25) is 0 Å². The van der Waals surface area contributed by atoms with Crippen LogP contribution in [0, 0.1) is 0 Å². The van der Waals surface area contributed by atoms with Crippen LogP contribution in [0.15, 0.2) is 35.3 Å². The molecule has 0 N–H and O–H groups in total. The van der Waals surface area contributed by atoms with Crippen LogP contribution in [0.3, 0.4) is 0 Å². The van der Waals surface area contributed by atoms with Crippen LogP contribution >= 0.6 is 15.9 Å². The highest BCUT2D eigenvalue weighted by Gasteiger charge is 2.12. The molecule has 1 saturated heterocycles. The van der Waals surface area contributed by atoms with Crippen molar-refractivity contribution in [1.29, 1.82) is 0 Å². The summed E-state index contributed by atoms with van der Waals surface area (Å²) < 4.78 is 6.41. The second-order valence-electron chi connectivity index (χ2n) is 3.55. The molecule has 0 bridgehead atoms. The van der Waals surface area contributed by atoms with Gasteiger partial charge in [-0.15, -0.1) is 0 Å². The maximum Gasteiger partial charge on any atom is 0.0642 e. The molecule has 0 amide bonds. The van der Waals surface area contributed by atoms with Gasteiger partial charge in [-0.05, 0) is 17.7 Å². The van der Waals surface area contributed by atoms with Gasteiger partial charge in [-0.3, -0.25) is 0 Å². The van der Waals surface area contributed by atoms with Crippen LogP contribution in [0.1, 0.15) is 5.56 Å². The molecule has 0 atom stereocenters. The number of hydrogen-bond donors (Lipinski definition) is 0. The van der Waals surface area contributed by atoms with E-state index in [0.29, 0.717) is 0 Å². The third-order valence-electron chi connectivity index (χ3n) is 2.57. The molecular formula is C12H14BrNO. The predicted molar refractivity (Wildman–Crippen MR) is 65.6 cm³/mol. The van der Waals surface area contributed by atoms with E-state index in [1.807, 2.05) is 12.1 Å². The number of nitrogens with zero attached hydrogens (tertiary/aromatic N) is 1. The molecule has 2 nitrogen and oxygen atoms in total. The van der Waals surface area contributed by atoms with Gasteiger partial charge in [-0.1, -0.05) is 34.6 Å². The van der Waals surface area contributed by atoms with Crippen LogP contribution in [0.2, 0.25) is 0 Å². The maximum atomic E-state index is 5.31. The molecule has 15 heavy (non-hydrogen) atoms. The molecule has 80 valence electrons. The molecule has 3 heteroatoms. The predicted octanol–water partition coefficient (Wildman–Crippen LogP) is 2.75. The summed E-state index contributed by atoms with van der Waals surface area (Å²) in [5.41, 5.74) is 2.27. The van der Waals surface area contributed by atoms with E-state index < -0.39 is 0 Å². The standard InChI is InChI=1S/C12H14BrNO/c1-10(14-6-8-15-9-7-14)11-2-4-12(13)5-3-11/h2-5H,1,6-9H2. The zero-order valence-corrected chi connectivity index (χ0v) is 10.2. The van der Waals surface area contributed by atoms with E-state index in [4.69, 9.17) is 4.74 Å². The average molecular weight is 268 g/mol. The van der Waals surface area contributed by atoms with Crippen LogP contribution in [-0.4, -0.2) is 31.2 Å². The molecule has 0 unspecified atom stereocenters. The topological polar surface area (TPSA) is 12.5 Å². The lowest BCUT2D eigenvalue weighted by atomic mass is 10.1. The van der Waals surface area contributed by atoms with E-state index in [-0.39, 0.29) is 0 Å². The summed E-state index contributed by atoms with van der Waals surface area (Å²) >= 11 is 3.43. The smallest absolute Gasteiger partial charge is 0.0642 e. The Morgan fingerprint density at radius 1 is 1.20 bits per heavy atom. The van der Waals surface area contributed by atoms with Crippen LogP contribution in [0.25, 0.3) is 5.70 Å². The quantitative estimate of drug-likeness (QED) is 0.817. The van der Waals surface area contributed by atoms with Crippen LogP contribution < -0.4 is 0 Å². The summed E-state index contributed by atoms with van der Waals surface area (Å²) in [7, 11) is 0. The molecule has 1 heterocycles. The summed E-state index contributed by atoms with van der Waals surface area (Å²) in [6.45, 7) is 7.61. The molecule has 1 aliphatic rings. The lowest BCUT2D eigenvalue weighted by Gasteiger charge is -2.30.